The monoisotopic (exact) mass is 692 g/mol. The van der Waals surface area contributed by atoms with E-state index in [-0.39, 0.29) is 23.6 Å². The molecule has 4 amide bonds. The molecule has 12 atom stereocenters. The van der Waals surface area contributed by atoms with Gasteiger partial charge in [-0.1, -0.05) is 48.6 Å². The standard InChI is InChI=1S/C30H20N2O8.2C2H6OS/c33-23-27-15-5-6-16(37-15)28(27,18-8-7-17(27)38-18)24(34)31(23)13-1-2-14(4-3-13)32-25(35)29-19-9-10-20(39-19)30(29,26(32)36)22-12-11-21(29)40-22;2*1-4(2)3/h1-12,15-22H;2*1-2H3/t15-,16+,17+,18-,19-,20+,21+,22-,27?,28?,29?,30?;;. The van der Waals surface area contributed by atoms with Crippen LogP contribution in [0, 0.1) is 21.7 Å². The lowest BCUT2D eigenvalue weighted by Crippen LogP contribution is -2.56. The molecule has 1 aromatic carbocycles. The van der Waals surface area contributed by atoms with Crippen LogP contribution in [0.15, 0.2) is 72.9 Å². The summed E-state index contributed by atoms with van der Waals surface area (Å²) in [6.07, 6.45) is 17.2. The van der Waals surface area contributed by atoms with Crippen LogP contribution in [0.4, 0.5) is 11.4 Å². The molecule has 10 aliphatic rings. The first-order valence-corrected chi connectivity index (χ1v) is 19.6. The molecule has 14 heteroatoms. The summed E-state index contributed by atoms with van der Waals surface area (Å²) in [5.74, 6) is -1.36. The molecule has 10 heterocycles. The molecule has 8 bridgehead atoms. The van der Waals surface area contributed by atoms with Crippen LogP contribution >= 0.6 is 0 Å². The summed E-state index contributed by atoms with van der Waals surface area (Å²) in [7, 11) is -1.22. The molecule has 0 N–H and O–H groups in total. The topological polar surface area (TPSA) is 146 Å². The van der Waals surface area contributed by atoms with Gasteiger partial charge < -0.3 is 18.9 Å². The van der Waals surface area contributed by atoms with Gasteiger partial charge in [0, 0.05) is 46.6 Å². The Bertz CT molecular complexity index is 1610. The van der Waals surface area contributed by atoms with Gasteiger partial charge in [0.05, 0.1) is 60.2 Å². The van der Waals surface area contributed by atoms with Crippen molar-refractivity contribution in [2.24, 2.45) is 21.7 Å². The number of ether oxygens (including phenoxy) is 4. The lowest BCUT2D eigenvalue weighted by Gasteiger charge is -2.37. The van der Waals surface area contributed by atoms with Crippen LogP contribution in [0.1, 0.15) is 0 Å². The molecule has 6 fully saturated rings. The predicted octanol–water partition coefficient (Wildman–Crippen LogP) is 0.717. The van der Waals surface area contributed by atoms with Crippen LogP contribution in [0.2, 0.25) is 0 Å². The van der Waals surface area contributed by atoms with E-state index in [2.05, 4.69) is 0 Å². The van der Waals surface area contributed by atoms with Crippen LogP contribution in [0.3, 0.4) is 0 Å². The van der Waals surface area contributed by atoms with Crippen LogP contribution in [-0.4, -0.2) is 106 Å². The number of nitrogens with zero attached hydrogens (tertiary/aromatic N) is 2. The van der Waals surface area contributed by atoms with E-state index in [4.69, 9.17) is 18.9 Å². The van der Waals surface area contributed by atoms with Crippen molar-refractivity contribution in [1.82, 2.24) is 0 Å². The van der Waals surface area contributed by atoms with Gasteiger partial charge in [-0.25, -0.2) is 9.80 Å². The Morgan fingerprint density at radius 1 is 0.438 bits per heavy atom. The fourth-order valence-corrected chi connectivity index (χ4v) is 10.2. The second-order valence-corrected chi connectivity index (χ2v) is 16.8. The predicted molar refractivity (Wildman–Crippen MR) is 172 cm³/mol. The molecule has 12 nitrogen and oxygen atoms in total. The molecule has 1 aromatic rings. The third-order valence-corrected chi connectivity index (χ3v) is 11.6. The minimum absolute atomic E-state index is 0.339. The zero-order valence-electron chi connectivity index (χ0n) is 26.3. The maximum atomic E-state index is 14.2. The molecule has 4 unspecified atom stereocenters. The molecule has 250 valence electrons. The molecule has 10 aliphatic heterocycles. The molecule has 48 heavy (non-hydrogen) atoms. The normalized spacial score (nSPS) is 46.2. The van der Waals surface area contributed by atoms with E-state index in [9.17, 15) is 27.6 Å². The zero-order valence-corrected chi connectivity index (χ0v) is 28.0. The van der Waals surface area contributed by atoms with Crippen LogP contribution in [0.25, 0.3) is 0 Å². The van der Waals surface area contributed by atoms with E-state index in [1.807, 2.05) is 48.6 Å². The summed E-state index contributed by atoms with van der Waals surface area (Å²) in [6.45, 7) is 0. The van der Waals surface area contributed by atoms with Crippen molar-refractivity contribution >= 4 is 56.6 Å². The van der Waals surface area contributed by atoms with Gasteiger partial charge in [0.2, 0.25) is 23.6 Å². The average molecular weight is 693 g/mol. The van der Waals surface area contributed by atoms with E-state index in [0.29, 0.717) is 11.4 Å². The highest BCUT2D eigenvalue weighted by atomic mass is 32.2. The minimum Gasteiger partial charge on any atom is -0.364 e. The highest BCUT2D eigenvalue weighted by Gasteiger charge is 2.90. The molecule has 0 spiro atoms. The number of carbonyl (C=O) groups excluding carboxylic acids is 4. The van der Waals surface area contributed by atoms with Gasteiger partial charge in [-0.2, -0.15) is 0 Å². The molecule has 6 saturated heterocycles. The Morgan fingerprint density at radius 3 is 0.771 bits per heavy atom. The first-order valence-electron chi connectivity index (χ1n) is 15.6. The van der Waals surface area contributed by atoms with Crippen molar-refractivity contribution in [3.63, 3.8) is 0 Å². The van der Waals surface area contributed by atoms with Gasteiger partial charge in [0.1, 0.15) is 21.7 Å². The number of rotatable bonds is 2. The average Bonchev–Trinajstić information content (AvgIpc) is 3.89. The van der Waals surface area contributed by atoms with Gasteiger partial charge >= 0.3 is 0 Å². The fraction of sp³-hybridized carbons (Fsp3) is 0.471. The SMILES string of the molecule is CS(C)=O.CS(C)=O.O=C1N(c2ccc(N3C(=O)C45[C@@H]6C=C[C@@H](O6)C4(C3=O)[C@@H]3C=C[C@H]5O3)cc2)C(=O)C23[C@@H]4C=C[C@@H](O4)C12[C@@H]1C=C[C@H]3O1. The third-order valence-electron chi connectivity index (χ3n) is 11.6. The highest BCUT2D eigenvalue weighted by molar-refractivity contribution is 7.83. The molecule has 11 rings (SSSR count). The van der Waals surface area contributed by atoms with Crippen molar-refractivity contribution in [2.75, 3.05) is 34.8 Å². The van der Waals surface area contributed by atoms with Gasteiger partial charge in [-0.15, -0.1) is 0 Å². The zero-order chi connectivity index (χ0) is 33.7. The van der Waals surface area contributed by atoms with Gasteiger partial charge in [-0.05, 0) is 24.3 Å². The number of amides is 4. The van der Waals surface area contributed by atoms with E-state index >= 15 is 0 Å². The van der Waals surface area contributed by atoms with E-state index < -0.39 is 92.1 Å². The third kappa shape index (κ3) is 3.01. The van der Waals surface area contributed by atoms with Gasteiger partial charge in [0.15, 0.2) is 0 Å². The van der Waals surface area contributed by atoms with Crippen molar-refractivity contribution < 1.29 is 46.5 Å². The summed E-state index contributed by atoms with van der Waals surface area (Å²) in [6, 6.07) is 6.53. The van der Waals surface area contributed by atoms with E-state index in [1.54, 1.807) is 49.3 Å². The lowest BCUT2D eigenvalue weighted by molar-refractivity contribution is -0.134. The quantitative estimate of drug-likeness (QED) is 0.321. The van der Waals surface area contributed by atoms with Crippen molar-refractivity contribution in [3.05, 3.63) is 72.9 Å². The summed E-state index contributed by atoms with van der Waals surface area (Å²) in [5.41, 5.74) is -3.75. The van der Waals surface area contributed by atoms with Crippen molar-refractivity contribution in [1.29, 1.82) is 0 Å². The van der Waals surface area contributed by atoms with Gasteiger partial charge in [0.25, 0.3) is 0 Å². The maximum absolute atomic E-state index is 14.2. The molecule has 0 aromatic heterocycles. The maximum Gasteiger partial charge on any atom is 0.247 e. The van der Waals surface area contributed by atoms with Crippen molar-refractivity contribution in [3.8, 4) is 0 Å². The molecule has 0 radical (unpaired) electrons. The lowest BCUT2D eigenvalue weighted by atomic mass is 9.54. The van der Waals surface area contributed by atoms with Gasteiger partial charge in [-0.3, -0.25) is 27.6 Å². The Labute approximate surface area is 280 Å². The smallest absolute Gasteiger partial charge is 0.247 e. The van der Waals surface area contributed by atoms with Crippen LogP contribution < -0.4 is 9.80 Å². The molecule has 0 aliphatic carbocycles. The first kappa shape index (κ1) is 30.6. The second kappa shape index (κ2) is 9.64. The molecular weight excluding hydrogens is 661 g/mol. The molecule has 0 saturated carbocycles. The number of benzene rings is 1. The number of anilines is 2. The Kier molecular flexibility index (Phi) is 6.15. The Morgan fingerprint density at radius 2 is 0.604 bits per heavy atom. The summed E-state index contributed by atoms with van der Waals surface area (Å²) >= 11 is 0. The van der Waals surface area contributed by atoms with Crippen molar-refractivity contribution in [2.45, 2.75) is 48.8 Å². The Hall–Kier alpha value is -3.40. The van der Waals surface area contributed by atoms with Crippen LogP contribution in [-0.2, 0) is 59.7 Å². The number of fused-ring (bicyclic) bond motifs is 8. The summed E-state index contributed by atoms with van der Waals surface area (Å²) in [5, 5.41) is 0. The second-order valence-electron chi connectivity index (χ2n) is 13.8. The summed E-state index contributed by atoms with van der Waals surface area (Å²) in [4.78, 5) is 59.1. The number of hydrogen-bond acceptors (Lipinski definition) is 10. The number of imide groups is 2. The first-order chi connectivity index (χ1) is 22.9. The number of hydrogen-bond donors (Lipinski definition) is 0. The molecular formula is C34H32N2O10S2. The minimum atomic E-state index is -1.13. The fourth-order valence-electron chi connectivity index (χ4n) is 10.2. The largest absolute Gasteiger partial charge is 0.364 e. The Balaban J connectivity index is 0.000000358. The number of carbonyl (C=O) groups is 4. The van der Waals surface area contributed by atoms with Crippen LogP contribution in [0.5, 0.6) is 0 Å². The van der Waals surface area contributed by atoms with E-state index in [0.717, 1.165) is 0 Å². The highest BCUT2D eigenvalue weighted by Crippen LogP contribution is 2.74. The summed E-state index contributed by atoms with van der Waals surface area (Å²) < 4.78 is 43.5. The van der Waals surface area contributed by atoms with E-state index in [1.165, 1.54) is 9.80 Å².